The first-order valence-corrected chi connectivity index (χ1v) is 5.29. The molecule has 0 N–H and O–H groups in total. The maximum absolute atomic E-state index is 5.17. The predicted molar refractivity (Wildman–Crippen MR) is 61.4 cm³/mol. The molecule has 0 saturated carbocycles. The average Bonchev–Trinajstić information content (AvgIpc) is 2.24. The van der Waals surface area contributed by atoms with E-state index in [1.165, 1.54) is 11.1 Å². The highest BCUT2D eigenvalue weighted by Crippen LogP contribution is 2.34. The first-order valence-electron chi connectivity index (χ1n) is 5.29. The number of hydrogen-bond donors (Lipinski definition) is 0. The van der Waals surface area contributed by atoms with Gasteiger partial charge in [0.2, 0.25) is 6.41 Å². The van der Waals surface area contributed by atoms with Gasteiger partial charge in [-0.3, -0.25) is 4.90 Å². The highest BCUT2D eigenvalue weighted by Gasteiger charge is 2.24. The van der Waals surface area contributed by atoms with Gasteiger partial charge in [0, 0.05) is 26.7 Å². The third-order valence-corrected chi connectivity index (χ3v) is 2.89. The molecule has 0 aromatic carbocycles. The summed E-state index contributed by atoms with van der Waals surface area (Å²) >= 11 is 0. The Labute approximate surface area is 92.4 Å². The summed E-state index contributed by atoms with van der Waals surface area (Å²) in [6, 6.07) is 0. The first kappa shape index (κ1) is 12.4. The van der Waals surface area contributed by atoms with Crippen molar-refractivity contribution in [3.05, 3.63) is 23.8 Å². The molecule has 0 fully saturated rings. The number of hydrogen-bond acceptors (Lipinski definition) is 3. The van der Waals surface area contributed by atoms with Crippen LogP contribution >= 0.6 is 0 Å². The van der Waals surface area contributed by atoms with Gasteiger partial charge in [-0.05, 0) is 24.6 Å². The molecule has 0 aromatic rings. The van der Waals surface area contributed by atoms with Crippen LogP contribution in [0.15, 0.2) is 23.8 Å². The van der Waals surface area contributed by atoms with E-state index in [9.17, 15) is 0 Å². The molecule has 0 aliphatic heterocycles. The number of nitrogens with zero attached hydrogens (tertiary/aromatic N) is 1. The Morgan fingerprint density at radius 3 is 2.47 bits per heavy atom. The molecule has 1 rings (SSSR count). The van der Waals surface area contributed by atoms with Gasteiger partial charge in [-0.1, -0.05) is 19.6 Å². The molecule has 0 heterocycles. The fraction of sp³-hybridized carbons (Fsp3) is 0.667. The van der Waals surface area contributed by atoms with Crippen LogP contribution in [0.5, 0.6) is 0 Å². The van der Waals surface area contributed by atoms with E-state index in [2.05, 4.69) is 19.6 Å². The van der Waals surface area contributed by atoms with Crippen LogP contribution in [0.25, 0.3) is 0 Å². The van der Waals surface area contributed by atoms with Crippen molar-refractivity contribution in [1.29, 1.82) is 0 Å². The number of ether oxygens (including phenoxy) is 2. The summed E-state index contributed by atoms with van der Waals surface area (Å²) in [5.41, 5.74) is 2.57. The second-order valence-corrected chi connectivity index (χ2v) is 3.93. The SMILES string of the molecule is C=C1C(CN(C)C(OC)OC)=CC1CC. The van der Waals surface area contributed by atoms with Crippen LogP contribution in [-0.4, -0.2) is 39.1 Å². The Balaban J connectivity index is 2.46. The summed E-state index contributed by atoms with van der Waals surface area (Å²) in [5.74, 6) is 0.580. The van der Waals surface area contributed by atoms with Gasteiger partial charge in [-0.15, -0.1) is 0 Å². The summed E-state index contributed by atoms with van der Waals surface area (Å²) in [6.45, 7) is 7.10. The molecule has 1 unspecified atom stereocenters. The lowest BCUT2D eigenvalue weighted by atomic mass is 9.80. The van der Waals surface area contributed by atoms with Crippen molar-refractivity contribution in [1.82, 2.24) is 4.90 Å². The molecule has 3 heteroatoms. The van der Waals surface area contributed by atoms with Crippen LogP contribution in [0.3, 0.4) is 0 Å². The third kappa shape index (κ3) is 2.68. The average molecular weight is 211 g/mol. The van der Waals surface area contributed by atoms with Crippen LogP contribution in [0.4, 0.5) is 0 Å². The van der Waals surface area contributed by atoms with E-state index < -0.39 is 0 Å². The van der Waals surface area contributed by atoms with Gasteiger partial charge in [0.1, 0.15) is 0 Å². The Bertz CT molecular complexity index is 256. The Kier molecular flexibility index (Phi) is 4.51. The summed E-state index contributed by atoms with van der Waals surface area (Å²) in [5, 5.41) is 0. The molecule has 0 bridgehead atoms. The van der Waals surface area contributed by atoms with Gasteiger partial charge in [-0.25, -0.2) is 0 Å². The van der Waals surface area contributed by atoms with Crippen molar-refractivity contribution in [2.24, 2.45) is 5.92 Å². The fourth-order valence-electron chi connectivity index (χ4n) is 1.91. The quantitative estimate of drug-likeness (QED) is 0.627. The van der Waals surface area contributed by atoms with E-state index in [1.54, 1.807) is 14.2 Å². The molecule has 15 heavy (non-hydrogen) atoms. The van der Waals surface area contributed by atoms with Gasteiger partial charge in [0.25, 0.3) is 0 Å². The molecule has 0 aromatic heterocycles. The lowest BCUT2D eigenvalue weighted by Gasteiger charge is -2.33. The summed E-state index contributed by atoms with van der Waals surface area (Å²) in [4.78, 5) is 2.02. The largest absolute Gasteiger partial charge is 0.343 e. The second kappa shape index (κ2) is 5.45. The summed E-state index contributed by atoms with van der Waals surface area (Å²) < 4.78 is 10.3. The summed E-state index contributed by atoms with van der Waals surface area (Å²) in [7, 11) is 5.26. The zero-order chi connectivity index (χ0) is 11.4. The van der Waals surface area contributed by atoms with Gasteiger partial charge in [-0.2, -0.15) is 0 Å². The molecule has 1 aliphatic rings. The van der Waals surface area contributed by atoms with E-state index >= 15 is 0 Å². The second-order valence-electron chi connectivity index (χ2n) is 3.93. The summed E-state index contributed by atoms with van der Waals surface area (Å²) in [6.07, 6.45) is 3.14. The predicted octanol–water partition coefficient (Wildman–Crippen LogP) is 2.02. The number of rotatable bonds is 6. The van der Waals surface area contributed by atoms with Crippen LogP contribution in [-0.2, 0) is 9.47 Å². The number of likely N-dealkylation sites (N-methyl/N-ethyl adjacent to an activating group) is 1. The third-order valence-electron chi connectivity index (χ3n) is 2.89. The van der Waals surface area contributed by atoms with Crippen molar-refractivity contribution in [2.45, 2.75) is 19.8 Å². The Hall–Kier alpha value is -0.640. The van der Waals surface area contributed by atoms with Crippen molar-refractivity contribution >= 4 is 0 Å². The fourth-order valence-corrected chi connectivity index (χ4v) is 1.91. The van der Waals surface area contributed by atoms with E-state index in [1.807, 2.05) is 11.9 Å². The van der Waals surface area contributed by atoms with Crippen LogP contribution in [0, 0.1) is 5.92 Å². The van der Waals surface area contributed by atoms with Crippen molar-refractivity contribution in [2.75, 3.05) is 27.8 Å². The van der Waals surface area contributed by atoms with Crippen molar-refractivity contribution in [3.63, 3.8) is 0 Å². The molecular weight excluding hydrogens is 190 g/mol. The minimum atomic E-state index is -0.278. The number of allylic oxidation sites excluding steroid dienone is 1. The topological polar surface area (TPSA) is 21.7 Å². The van der Waals surface area contributed by atoms with Gasteiger partial charge < -0.3 is 9.47 Å². The van der Waals surface area contributed by atoms with Crippen LogP contribution < -0.4 is 0 Å². The molecule has 0 radical (unpaired) electrons. The smallest absolute Gasteiger partial charge is 0.218 e. The van der Waals surface area contributed by atoms with Crippen molar-refractivity contribution in [3.8, 4) is 0 Å². The van der Waals surface area contributed by atoms with Crippen LogP contribution in [0.2, 0.25) is 0 Å². The lowest BCUT2D eigenvalue weighted by Crippen LogP contribution is -2.37. The molecule has 86 valence electrons. The molecule has 1 atom stereocenters. The van der Waals surface area contributed by atoms with E-state index in [0.29, 0.717) is 5.92 Å². The first-order chi connectivity index (χ1) is 7.13. The highest BCUT2D eigenvalue weighted by atomic mass is 16.7. The zero-order valence-electron chi connectivity index (χ0n) is 10.1. The molecule has 0 saturated heterocycles. The molecule has 0 amide bonds. The Morgan fingerprint density at radius 2 is 2.07 bits per heavy atom. The van der Waals surface area contributed by atoms with Gasteiger partial charge >= 0.3 is 0 Å². The molecule has 1 aliphatic carbocycles. The van der Waals surface area contributed by atoms with Gasteiger partial charge in [0.15, 0.2) is 0 Å². The van der Waals surface area contributed by atoms with Crippen LogP contribution in [0.1, 0.15) is 13.3 Å². The molecular formula is C12H21NO2. The maximum Gasteiger partial charge on any atom is 0.218 e. The normalized spacial score (nSPS) is 20.8. The zero-order valence-corrected chi connectivity index (χ0v) is 10.1. The standard InChI is InChI=1S/C12H21NO2/c1-6-10-7-11(9(10)2)8-13(3)12(14-4)15-5/h7,10,12H,2,6,8H2,1,3-5H3. The minimum Gasteiger partial charge on any atom is -0.343 e. The maximum atomic E-state index is 5.17. The van der Waals surface area contributed by atoms with Gasteiger partial charge in [0.05, 0.1) is 0 Å². The highest BCUT2D eigenvalue weighted by molar-refractivity contribution is 5.44. The lowest BCUT2D eigenvalue weighted by molar-refractivity contribution is -0.185. The monoisotopic (exact) mass is 211 g/mol. The molecule has 0 spiro atoms. The van der Waals surface area contributed by atoms with Crippen molar-refractivity contribution < 1.29 is 9.47 Å². The number of methoxy groups -OCH3 is 2. The van der Waals surface area contributed by atoms with E-state index in [0.717, 1.165) is 13.0 Å². The van der Waals surface area contributed by atoms with E-state index in [4.69, 9.17) is 9.47 Å². The Morgan fingerprint density at radius 1 is 1.47 bits per heavy atom. The minimum absolute atomic E-state index is 0.278. The molecule has 3 nitrogen and oxygen atoms in total. The van der Waals surface area contributed by atoms with E-state index in [-0.39, 0.29) is 6.41 Å².